The van der Waals surface area contributed by atoms with E-state index in [4.69, 9.17) is 28.9 Å². The molecule has 0 radical (unpaired) electrons. The zero-order chi connectivity index (χ0) is 12.4. The molecule has 0 spiro atoms. The molecule has 2 aromatic rings. The predicted octanol–water partition coefficient (Wildman–Crippen LogP) is 3.05. The van der Waals surface area contributed by atoms with E-state index in [0.29, 0.717) is 9.92 Å². The van der Waals surface area contributed by atoms with Gasteiger partial charge in [0.25, 0.3) is 0 Å². The van der Waals surface area contributed by atoms with Crippen LogP contribution in [0.5, 0.6) is 0 Å². The molecule has 0 aliphatic carbocycles. The SMILES string of the molecule is Nc1nc(F)cc(Sc2cnc(Cl)cn2)c1Cl. The number of pyridine rings is 1. The van der Waals surface area contributed by atoms with Crippen molar-refractivity contribution in [3.63, 3.8) is 0 Å². The summed E-state index contributed by atoms with van der Waals surface area (Å²) in [5.74, 6) is -0.757. The van der Waals surface area contributed by atoms with Gasteiger partial charge in [-0.05, 0) is 0 Å². The molecule has 8 heteroatoms. The quantitative estimate of drug-likeness (QED) is 0.861. The molecule has 88 valence electrons. The maximum absolute atomic E-state index is 13.1. The van der Waals surface area contributed by atoms with Gasteiger partial charge in [-0.25, -0.2) is 15.0 Å². The molecular formula is C9H5Cl2FN4S. The molecule has 0 saturated carbocycles. The van der Waals surface area contributed by atoms with Crippen LogP contribution in [0, 0.1) is 5.95 Å². The van der Waals surface area contributed by atoms with Crippen molar-refractivity contribution < 1.29 is 4.39 Å². The molecule has 0 aromatic carbocycles. The average molecular weight is 291 g/mol. The first kappa shape index (κ1) is 12.3. The number of hydrogen-bond donors (Lipinski definition) is 1. The third-order valence-electron chi connectivity index (χ3n) is 1.73. The molecule has 0 bridgehead atoms. The first-order valence-electron chi connectivity index (χ1n) is 4.33. The fraction of sp³-hybridized carbons (Fsp3) is 0. The van der Waals surface area contributed by atoms with Crippen molar-refractivity contribution in [3.8, 4) is 0 Å². The number of anilines is 1. The highest BCUT2D eigenvalue weighted by molar-refractivity contribution is 7.99. The number of nitrogens with two attached hydrogens (primary N) is 1. The van der Waals surface area contributed by atoms with Crippen LogP contribution in [0.15, 0.2) is 28.4 Å². The van der Waals surface area contributed by atoms with E-state index in [1.807, 2.05) is 0 Å². The van der Waals surface area contributed by atoms with E-state index in [0.717, 1.165) is 11.8 Å². The topological polar surface area (TPSA) is 64.7 Å². The Morgan fingerprint density at radius 2 is 2.00 bits per heavy atom. The van der Waals surface area contributed by atoms with Gasteiger partial charge in [-0.3, -0.25) is 0 Å². The van der Waals surface area contributed by atoms with Crippen LogP contribution >= 0.6 is 35.0 Å². The highest BCUT2D eigenvalue weighted by Gasteiger charge is 2.10. The summed E-state index contributed by atoms with van der Waals surface area (Å²) in [7, 11) is 0. The summed E-state index contributed by atoms with van der Waals surface area (Å²) < 4.78 is 13.1. The van der Waals surface area contributed by atoms with Gasteiger partial charge in [0.05, 0.1) is 17.4 Å². The van der Waals surface area contributed by atoms with Gasteiger partial charge >= 0.3 is 0 Å². The van der Waals surface area contributed by atoms with Crippen LogP contribution in [0.3, 0.4) is 0 Å². The number of halogens is 3. The Labute approximate surface area is 110 Å². The normalized spacial score (nSPS) is 10.5. The molecule has 0 aliphatic heterocycles. The number of rotatable bonds is 2. The van der Waals surface area contributed by atoms with Crippen LogP contribution in [0.25, 0.3) is 0 Å². The lowest BCUT2D eigenvalue weighted by atomic mass is 10.4. The zero-order valence-electron chi connectivity index (χ0n) is 8.19. The molecule has 2 rings (SSSR count). The lowest BCUT2D eigenvalue weighted by Crippen LogP contribution is -1.96. The van der Waals surface area contributed by atoms with Gasteiger partial charge in [0.2, 0.25) is 5.95 Å². The van der Waals surface area contributed by atoms with E-state index in [1.165, 1.54) is 18.5 Å². The fourth-order valence-electron chi connectivity index (χ4n) is 1.03. The van der Waals surface area contributed by atoms with Crippen molar-refractivity contribution in [3.05, 3.63) is 34.6 Å². The minimum Gasteiger partial charge on any atom is -0.382 e. The van der Waals surface area contributed by atoms with Crippen molar-refractivity contribution in [2.24, 2.45) is 0 Å². The van der Waals surface area contributed by atoms with Crippen molar-refractivity contribution >= 4 is 40.8 Å². The second-order valence-electron chi connectivity index (χ2n) is 2.92. The van der Waals surface area contributed by atoms with Crippen LogP contribution in [0.4, 0.5) is 10.2 Å². The Bertz CT molecular complexity index is 549. The predicted molar refractivity (Wildman–Crippen MR) is 64.8 cm³/mol. The third kappa shape index (κ3) is 2.96. The van der Waals surface area contributed by atoms with Crippen molar-refractivity contribution in [2.75, 3.05) is 5.73 Å². The van der Waals surface area contributed by atoms with E-state index in [2.05, 4.69) is 15.0 Å². The number of hydrogen-bond acceptors (Lipinski definition) is 5. The maximum Gasteiger partial charge on any atom is 0.216 e. The van der Waals surface area contributed by atoms with Gasteiger partial charge in [0.1, 0.15) is 16.0 Å². The summed E-state index contributed by atoms with van der Waals surface area (Å²) in [4.78, 5) is 11.7. The molecule has 17 heavy (non-hydrogen) atoms. The number of aromatic nitrogens is 3. The van der Waals surface area contributed by atoms with Crippen molar-refractivity contribution in [1.29, 1.82) is 0 Å². The van der Waals surface area contributed by atoms with Crippen LogP contribution in [-0.4, -0.2) is 15.0 Å². The summed E-state index contributed by atoms with van der Waals surface area (Å²) in [5, 5.41) is 0.996. The first-order valence-corrected chi connectivity index (χ1v) is 5.90. The van der Waals surface area contributed by atoms with E-state index >= 15 is 0 Å². The van der Waals surface area contributed by atoms with E-state index in [9.17, 15) is 4.39 Å². The molecule has 2 heterocycles. The largest absolute Gasteiger partial charge is 0.382 e. The van der Waals surface area contributed by atoms with E-state index in [1.54, 1.807) is 0 Å². The third-order valence-corrected chi connectivity index (χ3v) is 3.40. The molecule has 0 atom stereocenters. The van der Waals surface area contributed by atoms with Gasteiger partial charge in [-0.1, -0.05) is 35.0 Å². The molecule has 2 N–H and O–H groups in total. The van der Waals surface area contributed by atoms with Gasteiger partial charge in [-0.15, -0.1) is 0 Å². The number of nitrogens with zero attached hydrogens (tertiary/aromatic N) is 3. The minimum atomic E-state index is -0.698. The second-order valence-corrected chi connectivity index (χ2v) is 4.75. The molecule has 0 unspecified atom stereocenters. The summed E-state index contributed by atoms with van der Waals surface area (Å²) in [6.07, 6.45) is 2.84. The number of nitrogen functional groups attached to an aromatic ring is 1. The van der Waals surface area contributed by atoms with Gasteiger partial charge in [0.15, 0.2) is 0 Å². The van der Waals surface area contributed by atoms with Gasteiger partial charge in [-0.2, -0.15) is 4.39 Å². The van der Waals surface area contributed by atoms with Crippen LogP contribution in [0.1, 0.15) is 0 Å². The van der Waals surface area contributed by atoms with Crippen molar-refractivity contribution in [1.82, 2.24) is 15.0 Å². The summed E-state index contributed by atoms with van der Waals surface area (Å²) in [5.41, 5.74) is 5.45. The molecule has 0 aliphatic rings. The second kappa shape index (κ2) is 5.03. The van der Waals surface area contributed by atoms with Crippen molar-refractivity contribution in [2.45, 2.75) is 9.92 Å². The van der Waals surface area contributed by atoms with Gasteiger partial charge in [0, 0.05) is 11.0 Å². The van der Waals surface area contributed by atoms with E-state index < -0.39 is 5.95 Å². The average Bonchev–Trinajstić information content (AvgIpc) is 2.28. The Morgan fingerprint density at radius 1 is 1.24 bits per heavy atom. The standard InChI is InChI=1S/C9H5Cl2FN4S/c10-5-2-15-7(3-14-5)17-4-1-6(12)16-9(13)8(4)11/h1-3H,(H2,13,16). The summed E-state index contributed by atoms with van der Waals surface area (Å²) >= 11 is 12.6. The van der Waals surface area contributed by atoms with E-state index in [-0.39, 0.29) is 16.0 Å². The Kier molecular flexibility index (Phi) is 3.66. The maximum atomic E-state index is 13.1. The molecule has 0 amide bonds. The summed E-state index contributed by atoms with van der Waals surface area (Å²) in [6.45, 7) is 0. The molecule has 0 saturated heterocycles. The highest BCUT2D eigenvalue weighted by Crippen LogP contribution is 2.34. The smallest absolute Gasteiger partial charge is 0.216 e. The Balaban J connectivity index is 2.32. The first-order chi connectivity index (χ1) is 8.06. The fourth-order valence-corrected chi connectivity index (χ4v) is 2.13. The molecule has 4 nitrogen and oxygen atoms in total. The minimum absolute atomic E-state index is 0.0592. The monoisotopic (exact) mass is 290 g/mol. The lowest BCUT2D eigenvalue weighted by molar-refractivity contribution is 0.582. The zero-order valence-corrected chi connectivity index (χ0v) is 10.5. The highest BCUT2D eigenvalue weighted by atomic mass is 35.5. The van der Waals surface area contributed by atoms with Crippen LogP contribution in [0.2, 0.25) is 10.2 Å². The Hall–Kier alpha value is -1.11. The molecular weight excluding hydrogens is 286 g/mol. The van der Waals surface area contributed by atoms with Crippen LogP contribution in [-0.2, 0) is 0 Å². The van der Waals surface area contributed by atoms with Crippen LogP contribution < -0.4 is 5.73 Å². The summed E-state index contributed by atoms with van der Waals surface area (Å²) in [6, 6.07) is 1.18. The van der Waals surface area contributed by atoms with Gasteiger partial charge < -0.3 is 5.73 Å². The Morgan fingerprint density at radius 3 is 2.65 bits per heavy atom. The molecule has 2 aromatic heterocycles. The molecule has 0 fully saturated rings. The lowest BCUT2D eigenvalue weighted by Gasteiger charge is -2.05.